The van der Waals surface area contributed by atoms with E-state index in [0.29, 0.717) is 18.9 Å². The first kappa shape index (κ1) is 12.0. The largest absolute Gasteiger partial charge is 0.466 e. The summed E-state index contributed by atoms with van der Waals surface area (Å²) in [4.78, 5) is 11.9. The van der Waals surface area contributed by atoms with E-state index in [4.69, 9.17) is 4.74 Å². The van der Waals surface area contributed by atoms with Crippen LogP contribution in [0.25, 0.3) is 0 Å². The highest BCUT2D eigenvalue weighted by molar-refractivity contribution is 5.70. The van der Waals surface area contributed by atoms with Crippen molar-refractivity contribution in [2.75, 3.05) is 6.61 Å². The number of carbonyl (C=O) groups excluding carboxylic acids is 1. The summed E-state index contributed by atoms with van der Waals surface area (Å²) in [5.41, 5.74) is -0.0459. The number of hydrogen-bond acceptors (Lipinski definition) is 3. The molecule has 4 bridgehead atoms. The number of ether oxygens (including phenoxy) is 1. The van der Waals surface area contributed by atoms with Gasteiger partial charge in [-0.05, 0) is 62.2 Å². The minimum absolute atomic E-state index is 0.0459. The molecular weight excluding hydrogens is 226 g/mol. The Hall–Kier alpha value is -1.04. The van der Waals surface area contributed by atoms with Crippen LogP contribution in [0.15, 0.2) is 0 Å². The molecule has 0 aromatic heterocycles. The zero-order valence-corrected chi connectivity index (χ0v) is 11.0. The second kappa shape index (κ2) is 4.26. The maximum Gasteiger partial charge on any atom is 0.306 e. The monoisotopic (exact) mass is 247 g/mol. The molecule has 3 nitrogen and oxygen atoms in total. The number of rotatable bonds is 3. The fourth-order valence-electron chi connectivity index (χ4n) is 5.21. The van der Waals surface area contributed by atoms with Crippen LogP contribution in [0.5, 0.6) is 0 Å². The van der Waals surface area contributed by atoms with Gasteiger partial charge in [0.05, 0.1) is 25.0 Å². The lowest BCUT2D eigenvalue weighted by atomic mass is 9.44. The van der Waals surface area contributed by atoms with Gasteiger partial charge < -0.3 is 4.74 Å². The van der Waals surface area contributed by atoms with Crippen LogP contribution in [0.4, 0.5) is 0 Å². The summed E-state index contributed by atoms with van der Waals surface area (Å²) in [6.07, 6.45) is 6.41. The number of nitriles is 1. The zero-order chi connectivity index (χ0) is 12.8. The van der Waals surface area contributed by atoms with Gasteiger partial charge in [-0.1, -0.05) is 0 Å². The van der Waals surface area contributed by atoms with Gasteiger partial charge in [0, 0.05) is 0 Å². The van der Waals surface area contributed by atoms with E-state index in [-0.39, 0.29) is 17.3 Å². The molecule has 3 heteroatoms. The summed E-state index contributed by atoms with van der Waals surface area (Å²) in [6, 6.07) is 2.53. The number of esters is 1. The Labute approximate surface area is 108 Å². The molecule has 4 fully saturated rings. The predicted octanol–water partition coefficient (Wildman–Crippen LogP) is 2.91. The van der Waals surface area contributed by atoms with Crippen LogP contribution >= 0.6 is 0 Å². The van der Waals surface area contributed by atoms with Gasteiger partial charge in [0.1, 0.15) is 0 Å². The van der Waals surface area contributed by atoms with E-state index in [0.717, 1.165) is 24.7 Å². The number of hydrogen-bond donors (Lipinski definition) is 0. The van der Waals surface area contributed by atoms with E-state index in [1.807, 2.05) is 6.92 Å². The Kier molecular flexibility index (Phi) is 2.84. The highest BCUT2D eigenvalue weighted by Gasteiger charge is 2.57. The van der Waals surface area contributed by atoms with Crippen LogP contribution in [0.2, 0.25) is 0 Å². The molecular formula is C15H21NO2. The first-order valence-corrected chi connectivity index (χ1v) is 7.22. The van der Waals surface area contributed by atoms with E-state index in [1.165, 1.54) is 19.3 Å². The molecule has 0 amide bonds. The van der Waals surface area contributed by atoms with Crippen molar-refractivity contribution < 1.29 is 9.53 Å². The van der Waals surface area contributed by atoms with Gasteiger partial charge in [-0.15, -0.1) is 0 Å². The first-order chi connectivity index (χ1) is 8.66. The SMILES string of the molecule is CCOC(=O)CC12CC3CC(CC(C3)C1C#N)C2. The molecule has 0 radical (unpaired) electrons. The molecule has 0 aliphatic heterocycles. The highest BCUT2D eigenvalue weighted by atomic mass is 16.5. The molecule has 18 heavy (non-hydrogen) atoms. The minimum Gasteiger partial charge on any atom is -0.466 e. The average Bonchev–Trinajstić information content (AvgIpc) is 2.27. The van der Waals surface area contributed by atoms with Gasteiger partial charge in [0.25, 0.3) is 0 Å². The number of nitrogens with zero attached hydrogens (tertiary/aromatic N) is 1. The summed E-state index contributed by atoms with van der Waals surface area (Å²) in [5, 5.41) is 9.50. The van der Waals surface area contributed by atoms with Gasteiger partial charge in [0.15, 0.2) is 0 Å². The lowest BCUT2D eigenvalue weighted by Crippen LogP contribution is -2.53. The van der Waals surface area contributed by atoms with Crippen molar-refractivity contribution in [3.63, 3.8) is 0 Å². The van der Waals surface area contributed by atoms with Crippen LogP contribution in [0.1, 0.15) is 45.4 Å². The minimum atomic E-state index is -0.0975. The summed E-state index contributed by atoms with van der Waals surface area (Å²) in [6.45, 7) is 2.29. The third kappa shape index (κ3) is 1.74. The lowest BCUT2D eigenvalue weighted by Gasteiger charge is -2.59. The van der Waals surface area contributed by atoms with E-state index in [9.17, 15) is 10.1 Å². The van der Waals surface area contributed by atoms with Crippen molar-refractivity contribution in [2.24, 2.45) is 29.1 Å². The molecule has 4 aliphatic carbocycles. The molecule has 0 spiro atoms. The molecule has 0 aromatic carbocycles. The summed E-state index contributed by atoms with van der Waals surface area (Å²) >= 11 is 0. The normalized spacial score (nSPS) is 44.7. The smallest absolute Gasteiger partial charge is 0.306 e. The van der Waals surface area contributed by atoms with Crippen molar-refractivity contribution >= 4 is 5.97 Å². The third-order valence-electron chi connectivity index (χ3n) is 5.40. The molecule has 3 atom stereocenters. The van der Waals surface area contributed by atoms with Gasteiger partial charge in [-0.2, -0.15) is 5.26 Å². The van der Waals surface area contributed by atoms with E-state index < -0.39 is 0 Å². The topological polar surface area (TPSA) is 50.1 Å². The maximum atomic E-state index is 11.9. The van der Waals surface area contributed by atoms with Gasteiger partial charge >= 0.3 is 5.97 Å². The first-order valence-electron chi connectivity index (χ1n) is 7.22. The second-order valence-electron chi connectivity index (χ2n) is 6.56. The third-order valence-corrected chi connectivity index (χ3v) is 5.40. The average molecular weight is 247 g/mol. The predicted molar refractivity (Wildman–Crippen MR) is 66.3 cm³/mol. The Balaban J connectivity index is 1.84. The Bertz CT molecular complexity index is 384. The molecule has 0 heterocycles. The highest BCUT2D eigenvalue weighted by Crippen LogP contribution is 2.64. The zero-order valence-electron chi connectivity index (χ0n) is 11.0. The van der Waals surface area contributed by atoms with Crippen molar-refractivity contribution in [1.29, 1.82) is 5.26 Å². The van der Waals surface area contributed by atoms with Crippen LogP contribution in [0, 0.1) is 40.4 Å². The fraction of sp³-hybridized carbons (Fsp3) is 0.867. The van der Waals surface area contributed by atoms with Gasteiger partial charge in [-0.25, -0.2) is 0 Å². The quantitative estimate of drug-likeness (QED) is 0.720. The Morgan fingerprint density at radius 3 is 2.56 bits per heavy atom. The molecule has 4 aliphatic rings. The summed E-state index contributed by atoms with van der Waals surface area (Å²) in [7, 11) is 0. The maximum absolute atomic E-state index is 11.9. The summed E-state index contributed by atoms with van der Waals surface area (Å²) in [5.74, 6) is 2.08. The van der Waals surface area contributed by atoms with Crippen LogP contribution in [0.3, 0.4) is 0 Å². The molecule has 4 rings (SSSR count). The molecule has 4 saturated carbocycles. The standard InChI is InChI=1S/C15H21NO2/c1-2-18-14(17)8-15-6-10-3-11(7-15)5-12(4-10)13(15)9-16/h10-13H,2-8H2,1H3. The van der Waals surface area contributed by atoms with E-state index in [1.54, 1.807) is 0 Å². The second-order valence-corrected chi connectivity index (χ2v) is 6.56. The van der Waals surface area contributed by atoms with Crippen molar-refractivity contribution in [3.05, 3.63) is 0 Å². The van der Waals surface area contributed by atoms with Crippen LogP contribution < -0.4 is 0 Å². The molecule has 0 saturated heterocycles. The van der Waals surface area contributed by atoms with Crippen LogP contribution in [-0.2, 0) is 9.53 Å². The van der Waals surface area contributed by atoms with Gasteiger partial charge in [0.2, 0.25) is 0 Å². The van der Waals surface area contributed by atoms with Crippen molar-refractivity contribution in [1.82, 2.24) is 0 Å². The molecule has 0 aromatic rings. The lowest BCUT2D eigenvalue weighted by molar-refractivity contribution is -0.155. The van der Waals surface area contributed by atoms with Crippen molar-refractivity contribution in [2.45, 2.75) is 45.4 Å². The van der Waals surface area contributed by atoms with Crippen molar-refractivity contribution in [3.8, 4) is 6.07 Å². The van der Waals surface area contributed by atoms with Crippen LogP contribution in [-0.4, -0.2) is 12.6 Å². The summed E-state index contributed by atoms with van der Waals surface area (Å²) < 4.78 is 5.13. The fourth-order valence-corrected chi connectivity index (χ4v) is 5.21. The Morgan fingerprint density at radius 1 is 1.33 bits per heavy atom. The van der Waals surface area contributed by atoms with E-state index in [2.05, 4.69) is 6.07 Å². The number of carbonyl (C=O) groups is 1. The molecule has 98 valence electrons. The molecule has 0 N–H and O–H groups in total. The van der Waals surface area contributed by atoms with E-state index >= 15 is 0 Å². The van der Waals surface area contributed by atoms with Gasteiger partial charge in [-0.3, -0.25) is 4.79 Å². The Morgan fingerprint density at radius 2 is 2.00 bits per heavy atom. The molecule has 3 unspecified atom stereocenters.